The lowest BCUT2D eigenvalue weighted by molar-refractivity contribution is -0.153. The number of carbonyl (C=O) groups is 3. The standard InChI is InChI=1S/C13H19NO5/c1-4-9(3)19-13(17)14-7-6-11(15)10(8-14)12(16)18-5-2/h4,10H,5-8H2,1-3H3/b9-4-. The molecule has 1 heterocycles. The number of likely N-dealkylation sites (tertiary alicyclic amines) is 1. The normalized spacial score (nSPS) is 20.2. The summed E-state index contributed by atoms with van der Waals surface area (Å²) in [6, 6.07) is 0. The molecule has 106 valence electrons. The van der Waals surface area contributed by atoms with Crippen LogP contribution in [0.1, 0.15) is 27.2 Å². The summed E-state index contributed by atoms with van der Waals surface area (Å²) in [4.78, 5) is 36.4. The smallest absolute Gasteiger partial charge is 0.414 e. The highest BCUT2D eigenvalue weighted by atomic mass is 16.6. The fourth-order valence-electron chi connectivity index (χ4n) is 1.71. The third kappa shape index (κ3) is 4.08. The van der Waals surface area contributed by atoms with Gasteiger partial charge in [-0.25, -0.2) is 4.79 Å². The second-order valence-corrected chi connectivity index (χ2v) is 4.23. The Bertz CT molecular complexity index is 402. The second-order valence-electron chi connectivity index (χ2n) is 4.23. The number of nitrogens with zero attached hydrogens (tertiary/aromatic N) is 1. The maximum Gasteiger partial charge on any atom is 0.414 e. The van der Waals surface area contributed by atoms with E-state index in [1.165, 1.54) is 4.90 Å². The van der Waals surface area contributed by atoms with Crippen LogP contribution in [0.2, 0.25) is 0 Å². The minimum Gasteiger partial charge on any atom is -0.465 e. The number of allylic oxidation sites excluding steroid dienone is 2. The molecule has 0 bridgehead atoms. The SMILES string of the molecule is C/C=C(/C)OC(=O)N1CCC(=O)C(C(=O)OCC)C1. The molecule has 1 rings (SSSR count). The molecule has 1 fully saturated rings. The number of carbonyl (C=O) groups excluding carboxylic acids is 3. The molecule has 0 aromatic carbocycles. The van der Waals surface area contributed by atoms with Crippen LogP contribution in [-0.2, 0) is 19.1 Å². The van der Waals surface area contributed by atoms with Crippen molar-refractivity contribution in [3.63, 3.8) is 0 Å². The van der Waals surface area contributed by atoms with Crippen molar-refractivity contribution in [3.8, 4) is 0 Å². The molecule has 0 aromatic rings. The number of ether oxygens (including phenoxy) is 2. The molecule has 1 saturated heterocycles. The molecule has 1 atom stereocenters. The zero-order valence-corrected chi connectivity index (χ0v) is 11.5. The van der Waals surface area contributed by atoms with Crippen LogP contribution in [0.5, 0.6) is 0 Å². The molecule has 0 spiro atoms. The summed E-state index contributed by atoms with van der Waals surface area (Å²) in [7, 11) is 0. The Morgan fingerprint density at radius 1 is 1.47 bits per heavy atom. The number of hydrogen-bond acceptors (Lipinski definition) is 5. The number of rotatable bonds is 3. The number of hydrogen-bond donors (Lipinski definition) is 0. The van der Waals surface area contributed by atoms with Gasteiger partial charge in [0.1, 0.15) is 11.7 Å². The largest absolute Gasteiger partial charge is 0.465 e. The summed E-state index contributed by atoms with van der Waals surface area (Å²) in [5, 5.41) is 0. The molecular weight excluding hydrogens is 250 g/mol. The first-order valence-electron chi connectivity index (χ1n) is 6.28. The monoisotopic (exact) mass is 269 g/mol. The van der Waals surface area contributed by atoms with E-state index in [4.69, 9.17) is 9.47 Å². The highest BCUT2D eigenvalue weighted by Crippen LogP contribution is 2.16. The minimum absolute atomic E-state index is 0.0213. The van der Waals surface area contributed by atoms with Crippen molar-refractivity contribution in [2.24, 2.45) is 5.92 Å². The van der Waals surface area contributed by atoms with Crippen LogP contribution in [0.25, 0.3) is 0 Å². The Morgan fingerprint density at radius 3 is 2.74 bits per heavy atom. The molecule has 1 aliphatic rings. The van der Waals surface area contributed by atoms with Crippen LogP contribution in [0, 0.1) is 5.92 Å². The van der Waals surface area contributed by atoms with Crippen molar-refractivity contribution in [2.45, 2.75) is 27.2 Å². The summed E-state index contributed by atoms with van der Waals surface area (Å²) >= 11 is 0. The summed E-state index contributed by atoms with van der Waals surface area (Å²) in [5.74, 6) is -1.18. The first-order chi connectivity index (χ1) is 8.99. The van der Waals surface area contributed by atoms with E-state index in [0.29, 0.717) is 5.76 Å². The molecule has 6 nitrogen and oxygen atoms in total. The number of ketones is 1. The van der Waals surface area contributed by atoms with Gasteiger partial charge in [-0.3, -0.25) is 9.59 Å². The van der Waals surface area contributed by atoms with Crippen LogP contribution in [-0.4, -0.2) is 42.4 Å². The van der Waals surface area contributed by atoms with Crippen molar-refractivity contribution in [3.05, 3.63) is 11.8 Å². The van der Waals surface area contributed by atoms with Crippen LogP contribution in [0.4, 0.5) is 4.79 Å². The van der Waals surface area contributed by atoms with Crippen molar-refractivity contribution < 1.29 is 23.9 Å². The van der Waals surface area contributed by atoms with Gasteiger partial charge in [-0.2, -0.15) is 0 Å². The molecule has 19 heavy (non-hydrogen) atoms. The first-order valence-corrected chi connectivity index (χ1v) is 6.28. The van der Waals surface area contributed by atoms with Gasteiger partial charge in [-0.15, -0.1) is 0 Å². The Labute approximate surface area is 112 Å². The Kier molecular flexibility index (Phi) is 5.54. The van der Waals surface area contributed by atoms with Gasteiger partial charge in [0, 0.05) is 19.5 Å². The summed E-state index contributed by atoms with van der Waals surface area (Å²) in [6.45, 7) is 5.59. The number of amides is 1. The summed E-state index contributed by atoms with van der Waals surface area (Å²) in [6.07, 6.45) is 1.26. The van der Waals surface area contributed by atoms with E-state index in [1.54, 1.807) is 26.8 Å². The molecule has 0 aliphatic carbocycles. The quantitative estimate of drug-likeness (QED) is 0.441. The van der Waals surface area contributed by atoms with Crippen molar-refractivity contribution in [1.29, 1.82) is 0 Å². The van der Waals surface area contributed by atoms with E-state index < -0.39 is 18.0 Å². The van der Waals surface area contributed by atoms with E-state index in [0.717, 1.165) is 0 Å². The molecule has 0 N–H and O–H groups in total. The second kappa shape index (κ2) is 6.92. The van der Waals surface area contributed by atoms with Crippen molar-refractivity contribution >= 4 is 17.8 Å². The lowest BCUT2D eigenvalue weighted by atomic mass is 9.97. The third-order valence-electron chi connectivity index (χ3n) is 2.90. The van der Waals surface area contributed by atoms with Crippen LogP contribution in [0.15, 0.2) is 11.8 Å². The van der Waals surface area contributed by atoms with Gasteiger partial charge < -0.3 is 14.4 Å². The predicted molar refractivity (Wildman–Crippen MR) is 67.2 cm³/mol. The maximum absolute atomic E-state index is 11.8. The Balaban J connectivity index is 2.66. The van der Waals surface area contributed by atoms with Crippen LogP contribution in [0.3, 0.4) is 0 Å². The van der Waals surface area contributed by atoms with E-state index in [9.17, 15) is 14.4 Å². The van der Waals surface area contributed by atoms with Gasteiger partial charge in [0.25, 0.3) is 0 Å². The fraction of sp³-hybridized carbons (Fsp3) is 0.615. The van der Waals surface area contributed by atoms with Crippen LogP contribution < -0.4 is 0 Å². The predicted octanol–water partition coefficient (Wildman–Crippen LogP) is 1.50. The van der Waals surface area contributed by atoms with Crippen molar-refractivity contribution in [1.82, 2.24) is 4.90 Å². The average molecular weight is 269 g/mol. The number of piperidine rings is 1. The highest BCUT2D eigenvalue weighted by molar-refractivity contribution is 6.00. The zero-order valence-electron chi connectivity index (χ0n) is 11.5. The molecule has 0 radical (unpaired) electrons. The van der Waals surface area contributed by atoms with E-state index >= 15 is 0 Å². The van der Waals surface area contributed by atoms with Crippen LogP contribution >= 0.6 is 0 Å². The van der Waals surface area contributed by atoms with Gasteiger partial charge >= 0.3 is 12.1 Å². The fourth-order valence-corrected chi connectivity index (χ4v) is 1.71. The van der Waals surface area contributed by atoms with E-state index in [-0.39, 0.29) is 31.9 Å². The van der Waals surface area contributed by atoms with E-state index in [2.05, 4.69) is 0 Å². The summed E-state index contributed by atoms with van der Waals surface area (Å²) < 4.78 is 9.88. The Morgan fingerprint density at radius 2 is 2.16 bits per heavy atom. The third-order valence-corrected chi connectivity index (χ3v) is 2.90. The molecule has 0 aromatic heterocycles. The molecule has 6 heteroatoms. The highest BCUT2D eigenvalue weighted by Gasteiger charge is 2.36. The van der Waals surface area contributed by atoms with Gasteiger partial charge in [-0.05, 0) is 26.8 Å². The topological polar surface area (TPSA) is 72.9 Å². The maximum atomic E-state index is 11.8. The molecule has 1 aliphatic heterocycles. The van der Waals surface area contributed by atoms with Gasteiger partial charge in [-0.1, -0.05) is 0 Å². The Hall–Kier alpha value is -1.85. The number of Topliss-reactive ketones (excluding diaryl/α,β-unsaturated/α-hetero) is 1. The lowest BCUT2D eigenvalue weighted by Crippen LogP contribution is -2.47. The zero-order chi connectivity index (χ0) is 14.4. The molecule has 0 saturated carbocycles. The van der Waals surface area contributed by atoms with E-state index in [1.807, 2.05) is 0 Å². The molecule has 1 amide bonds. The number of esters is 1. The van der Waals surface area contributed by atoms with Crippen molar-refractivity contribution in [2.75, 3.05) is 19.7 Å². The first kappa shape index (κ1) is 15.2. The summed E-state index contributed by atoms with van der Waals surface area (Å²) in [5.41, 5.74) is 0. The lowest BCUT2D eigenvalue weighted by Gasteiger charge is -2.29. The molecule has 1 unspecified atom stereocenters. The molecular formula is C13H19NO5. The van der Waals surface area contributed by atoms with Gasteiger partial charge in [0.15, 0.2) is 5.78 Å². The average Bonchev–Trinajstić information content (AvgIpc) is 2.39. The van der Waals surface area contributed by atoms with Gasteiger partial charge in [0.2, 0.25) is 0 Å². The minimum atomic E-state index is -0.896. The van der Waals surface area contributed by atoms with Gasteiger partial charge in [0.05, 0.1) is 6.61 Å².